The molecule has 0 aliphatic heterocycles. The second-order valence-electron chi connectivity index (χ2n) is 4.46. The number of anilines is 2. The first-order valence-electron chi connectivity index (χ1n) is 6.15. The van der Waals surface area contributed by atoms with Crippen molar-refractivity contribution < 1.29 is 4.74 Å². The summed E-state index contributed by atoms with van der Waals surface area (Å²) in [5.41, 5.74) is 5.71. The van der Waals surface area contributed by atoms with Gasteiger partial charge in [0.1, 0.15) is 10.6 Å². The van der Waals surface area contributed by atoms with Crippen LogP contribution in [0.5, 0.6) is 0 Å². The van der Waals surface area contributed by atoms with Gasteiger partial charge < -0.3 is 15.8 Å². The molecule has 0 bridgehead atoms. The highest BCUT2D eigenvalue weighted by Gasteiger charge is 2.30. The predicted octanol–water partition coefficient (Wildman–Crippen LogP) is 2.25. The molecule has 2 aromatic heterocycles. The van der Waals surface area contributed by atoms with Crippen molar-refractivity contribution in [3.05, 3.63) is 11.4 Å². The third kappa shape index (κ3) is 2.13. The van der Waals surface area contributed by atoms with E-state index >= 15 is 0 Å². The van der Waals surface area contributed by atoms with Gasteiger partial charge in [-0.2, -0.15) is 4.98 Å². The maximum atomic E-state index is 5.71. The molecule has 6 heteroatoms. The number of nitrogens with zero attached hydrogens (tertiary/aromatic N) is 2. The smallest absolute Gasteiger partial charge is 0.223 e. The average molecular weight is 264 g/mol. The summed E-state index contributed by atoms with van der Waals surface area (Å²) >= 11 is 1.58. The number of rotatable bonds is 4. The molecule has 0 amide bonds. The van der Waals surface area contributed by atoms with Crippen LogP contribution in [0.1, 0.15) is 19.8 Å². The van der Waals surface area contributed by atoms with E-state index < -0.39 is 0 Å². The Kier molecular flexibility index (Phi) is 3.05. The zero-order chi connectivity index (χ0) is 12.5. The number of nitrogens with one attached hydrogen (secondary N) is 1. The fraction of sp³-hybridized carbons (Fsp3) is 0.500. The van der Waals surface area contributed by atoms with E-state index in [1.54, 1.807) is 11.3 Å². The molecule has 3 rings (SSSR count). The summed E-state index contributed by atoms with van der Waals surface area (Å²) in [6.07, 6.45) is 2.46. The lowest BCUT2D eigenvalue weighted by Crippen LogP contribution is -2.41. The van der Waals surface area contributed by atoms with Gasteiger partial charge in [-0.05, 0) is 31.2 Å². The monoisotopic (exact) mass is 264 g/mol. The van der Waals surface area contributed by atoms with Crippen molar-refractivity contribution in [2.45, 2.75) is 31.9 Å². The lowest BCUT2D eigenvalue weighted by molar-refractivity contribution is 0.00295. The van der Waals surface area contributed by atoms with Crippen molar-refractivity contribution in [1.82, 2.24) is 9.97 Å². The summed E-state index contributed by atoms with van der Waals surface area (Å²) in [6.45, 7) is 2.81. The summed E-state index contributed by atoms with van der Waals surface area (Å²) in [5, 5.41) is 6.49. The van der Waals surface area contributed by atoms with Crippen molar-refractivity contribution in [3.8, 4) is 0 Å². The fourth-order valence-electron chi connectivity index (χ4n) is 2.23. The Morgan fingerprint density at radius 1 is 1.50 bits per heavy atom. The molecule has 0 spiro atoms. The molecule has 2 aromatic rings. The van der Waals surface area contributed by atoms with E-state index in [0.29, 0.717) is 18.1 Å². The number of hydrogen-bond donors (Lipinski definition) is 2. The van der Waals surface area contributed by atoms with Gasteiger partial charge in [-0.3, -0.25) is 0 Å². The molecule has 2 heterocycles. The quantitative estimate of drug-likeness (QED) is 0.886. The van der Waals surface area contributed by atoms with Gasteiger partial charge in [0.2, 0.25) is 5.95 Å². The molecule has 0 saturated heterocycles. The van der Waals surface area contributed by atoms with Gasteiger partial charge in [0, 0.05) is 12.6 Å². The molecule has 1 fully saturated rings. The number of ether oxygens (including phenoxy) is 1. The predicted molar refractivity (Wildman–Crippen MR) is 73.9 cm³/mol. The van der Waals surface area contributed by atoms with Crippen LogP contribution in [-0.4, -0.2) is 28.7 Å². The molecule has 1 aliphatic carbocycles. The number of nitrogens with two attached hydrogens (primary N) is 1. The Bertz CT molecular complexity index is 550. The second-order valence-corrected chi connectivity index (χ2v) is 5.35. The molecule has 0 aromatic carbocycles. The Hall–Kier alpha value is -1.40. The minimum Gasteiger partial charge on any atom is -0.378 e. The van der Waals surface area contributed by atoms with E-state index in [1.165, 1.54) is 0 Å². The summed E-state index contributed by atoms with van der Waals surface area (Å²) in [6, 6.07) is 2.46. The van der Waals surface area contributed by atoms with Gasteiger partial charge in [0.15, 0.2) is 0 Å². The van der Waals surface area contributed by atoms with Gasteiger partial charge in [-0.1, -0.05) is 0 Å². The van der Waals surface area contributed by atoms with Crippen LogP contribution >= 0.6 is 11.3 Å². The third-order valence-electron chi connectivity index (χ3n) is 3.18. The number of hydrogen-bond acceptors (Lipinski definition) is 6. The highest BCUT2D eigenvalue weighted by atomic mass is 32.1. The molecule has 0 unspecified atom stereocenters. The Balaban J connectivity index is 1.73. The van der Waals surface area contributed by atoms with Crippen LogP contribution in [-0.2, 0) is 4.74 Å². The van der Waals surface area contributed by atoms with E-state index in [-0.39, 0.29) is 0 Å². The fourth-order valence-corrected chi connectivity index (χ4v) is 3.00. The van der Waals surface area contributed by atoms with Crippen molar-refractivity contribution in [1.29, 1.82) is 0 Å². The van der Waals surface area contributed by atoms with Gasteiger partial charge in [0.05, 0.1) is 11.5 Å². The molecular weight excluding hydrogens is 248 g/mol. The maximum Gasteiger partial charge on any atom is 0.223 e. The van der Waals surface area contributed by atoms with E-state index in [2.05, 4.69) is 15.3 Å². The zero-order valence-electron chi connectivity index (χ0n) is 10.2. The molecule has 18 heavy (non-hydrogen) atoms. The summed E-state index contributed by atoms with van der Waals surface area (Å²) in [7, 11) is 0. The molecule has 0 atom stereocenters. The van der Waals surface area contributed by atoms with Crippen LogP contribution in [0.15, 0.2) is 11.4 Å². The first-order valence-corrected chi connectivity index (χ1v) is 7.03. The number of aromatic nitrogens is 2. The second kappa shape index (κ2) is 4.70. The van der Waals surface area contributed by atoms with Gasteiger partial charge >= 0.3 is 0 Å². The first-order chi connectivity index (χ1) is 8.76. The highest BCUT2D eigenvalue weighted by molar-refractivity contribution is 7.16. The number of fused-ring (bicyclic) bond motifs is 1. The minimum atomic E-state index is 0.327. The molecule has 1 aliphatic rings. The molecule has 0 radical (unpaired) electrons. The largest absolute Gasteiger partial charge is 0.378 e. The number of thiophene rings is 1. The molecule has 5 nitrogen and oxygen atoms in total. The van der Waals surface area contributed by atoms with Crippen molar-refractivity contribution in [3.63, 3.8) is 0 Å². The van der Waals surface area contributed by atoms with Crippen LogP contribution in [0.4, 0.5) is 11.8 Å². The van der Waals surface area contributed by atoms with Gasteiger partial charge in [-0.25, -0.2) is 4.98 Å². The van der Waals surface area contributed by atoms with Crippen molar-refractivity contribution >= 4 is 33.3 Å². The summed E-state index contributed by atoms with van der Waals surface area (Å²) in [5.74, 6) is 1.17. The van der Waals surface area contributed by atoms with E-state index in [4.69, 9.17) is 10.5 Å². The molecule has 1 saturated carbocycles. The number of nitrogen functional groups attached to an aromatic ring is 1. The van der Waals surface area contributed by atoms with Crippen LogP contribution in [0.25, 0.3) is 10.2 Å². The zero-order valence-corrected chi connectivity index (χ0v) is 11.0. The van der Waals surface area contributed by atoms with Crippen LogP contribution in [0.3, 0.4) is 0 Å². The molecule has 3 N–H and O–H groups in total. The van der Waals surface area contributed by atoms with Crippen molar-refractivity contribution in [2.75, 3.05) is 17.7 Å². The van der Waals surface area contributed by atoms with E-state index in [9.17, 15) is 0 Å². The van der Waals surface area contributed by atoms with Gasteiger partial charge in [-0.15, -0.1) is 11.3 Å². The van der Waals surface area contributed by atoms with Crippen molar-refractivity contribution in [2.24, 2.45) is 0 Å². The normalized spacial score (nSPS) is 22.9. The Morgan fingerprint density at radius 3 is 3.11 bits per heavy atom. The standard InChI is InChI=1S/C12H16N4OS/c1-2-17-8-5-7(6-8)14-10-9-3-4-18-11(9)16-12(13)15-10/h3-4,7-8H,2,5-6H2,1H3,(H3,13,14,15,16). The van der Waals surface area contributed by atoms with Gasteiger partial charge in [0.25, 0.3) is 0 Å². The van der Waals surface area contributed by atoms with Crippen LogP contribution < -0.4 is 11.1 Å². The third-order valence-corrected chi connectivity index (χ3v) is 3.99. The van der Waals surface area contributed by atoms with E-state index in [0.717, 1.165) is 35.5 Å². The lowest BCUT2D eigenvalue weighted by Gasteiger charge is -2.35. The minimum absolute atomic E-state index is 0.327. The lowest BCUT2D eigenvalue weighted by atomic mass is 9.89. The topological polar surface area (TPSA) is 73.1 Å². The first kappa shape index (κ1) is 11.7. The molecule has 96 valence electrons. The summed E-state index contributed by atoms with van der Waals surface area (Å²) < 4.78 is 5.55. The van der Waals surface area contributed by atoms with E-state index in [1.807, 2.05) is 18.4 Å². The molecular formula is C12H16N4OS. The van der Waals surface area contributed by atoms with Crippen LogP contribution in [0.2, 0.25) is 0 Å². The summed E-state index contributed by atoms with van der Waals surface area (Å²) in [4.78, 5) is 9.44. The Morgan fingerprint density at radius 2 is 2.33 bits per heavy atom. The van der Waals surface area contributed by atoms with Crippen LogP contribution in [0, 0.1) is 0 Å². The maximum absolute atomic E-state index is 5.71. The Labute approximate surface area is 109 Å². The average Bonchev–Trinajstić information content (AvgIpc) is 2.74. The SMILES string of the molecule is CCOC1CC(Nc2nc(N)nc3sccc23)C1. The highest BCUT2D eigenvalue weighted by Crippen LogP contribution is 2.30.